The monoisotopic (exact) mass is 525 g/mol. The van der Waals surface area contributed by atoms with Crippen LogP contribution < -0.4 is 27.4 Å². The molecule has 0 aliphatic heterocycles. The van der Waals surface area contributed by atoms with Gasteiger partial charge in [0.05, 0.1) is 6.04 Å². The van der Waals surface area contributed by atoms with Crippen molar-refractivity contribution in [2.75, 3.05) is 5.75 Å². The SMILES string of the molecule is NC(=O)CCC(NC(=O)C(CCC(=O)O)NC(=O)C(N)Cc1ccccc1)C(=O)NC(CS)C(=O)O. The third-order valence-electron chi connectivity index (χ3n) is 5.02. The van der Waals surface area contributed by atoms with E-state index in [1.165, 1.54) is 0 Å². The highest BCUT2D eigenvalue weighted by molar-refractivity contribution is 7.80. The molecule has 36 heavy (non-hydrogen) atoms. The maximum atomic E-state index is 12.9. The van der Waals surface area contributed by atoms with Crippen LogP contribution in [-0.4, -0.2) is 75.7 Å². The van der Waals surface area contributed by atoms with Crippen LogP contribution in [0, 0.1) is 0 Å². The summed E-state index contributed by atoms with van der Waals surface area (Å²) in [5.41, 5.74) is 11.8. The quantitative estimate of drug-likeness (QED) is 0.113. The Hall–Kier alpha value is -3.65. The third kappa shape index (κ3) is 11.2. The summed E-state index contributed by atoms with van der Waals surface area (Å²) in [7, 11) is 0. The van der Waals surface area contributed by atoms with Crippen LogP contribution in [0.15, 0.2) is 30.3 Å². The number of nitrogens with one attached hydrogen (secondary N) is 3. The highest BCUT2D eigenvalue weighted by atomic mass is 32.1. The van der Waals surface area contributed by atoms with Crippen LogP contribution in [-0.2, 0) is 35.2 Å². The van der Waals surface area contributed by atoms with Crippen LogP contribution in [0.1, 0.15) is 31.2 Å². The van der Waals surface area contributed by atoms with Gasteiger partial charge in [-0.05, 0) is 24.8 Å². The standard InChI is InChI=1S/C22H31N5O8S/c23-13(10-12-4-2-1-3-5-12)19(31)25-15(7-9-18(29)30)20(32)26-14(6-8-17(24)28)21(33)27-16(11-36)22(34)35/h1-5,13-16,36H,6-11,23H2,(H2,24,28)(H,25,31)(H,26,32)(H,27,33)(H,29,30)(H,34,35). The predicted molar refractivity (Wildman–Crippen MR) is 131 cm³/mol. The first-order valence-corrected chi connectivity index (χ1v) is 11.6. The number of carboxylic acids is 2. The van der Waals surface area contributed by atoms with Gasteiger partial charge >= 0.3 is 11.9 Å². The number of carboxylic acid groups (broad SMARTS) is 2. The second-order valence-electron chi connectivity index (χ2n) is 7.94. The molecule has 0 bridgehead atoms. The first-order valence-electron chi connectivity index (χ1n) is 11.0. The second-order valence-corrected chi connectivity index (χ2v) is 8.30. The van der Waals surface area contributed by atoms with Gasteiger partial charge in [-0.25, -0.2) is 4.79 Å². The van der Waals surface area contributed by atoms with Crippen LogP contribution in [0.25, 0.3) is 0 Å². The summed E-state index contributed by atoms with van der Waals surface area (Å²) in [6, 6.07) is 3.67. The maximum absolute atomic E-state index is 12.9. The lowest BCUT2D eigenvalue weighted by atomic mass is 10.0. The molecule has 1 aromatic carbocycles. The molecule has 4 unspecified atom stereocenters. The van der Waals surface area contributed by atoms with E-state index in [0.717, 1.165) is 5.56 Å². The number of amides is 4. The molecule has 0 saturated carbocycles. The molecule has 1 aromatic rings. The molecule has 14 heteroatoms. The fraction of sp³-hybridized carbons (Fsp3) is 0.455. The summed E-state index contributed by atoms with van der Waals surface area (Å²) in [5, 5.41) is 25.1. The number of aliphatic carboxylic acids is 2. The molecule has 0 aliphatic rings. The number of carbonyl (C=O) groups is 6. The third-order valence-corrected chi connectivity index (χ3v) is 5.39. The van der Waals surface area contributed by atoms with Crippen molar-refractivity contribution in [1.82, 2.24) is 16.0 Å². The Morgan fingerprint density at radius 3 is 1.78 bits per heavy atom. The summed E-state index contributed by atoms with van der Waals surface area (Å²) < 4.78 is 0. The molecule has 0 heterocycles. The Kier molecular flexibility index (Phi) is 13.0. The van der Waals surface area contributed by atoms with E-state index >= 15 is 0 Å². The van der Waals surface area contributed by atoms with Crippen molar-refractivity contribution in [2.45, 2.75) is 56.3 Å². The normalized spacial score (nSPS) is 13.9. The van der Waals surface area contributed by atoms with Crippen molar-refractivity contribution >= 4 is 48.2 Å². The van der Waals surface area contributed by atoms with Gasteiger partial charge < -0.3 is 37.6 Å². The molecule has 4 amide bonds. The molecule has 1 rings (SSSR count). The van der Waals surface area contributed by atoms with Gasteiger partial charge in [0.2, 0.25) is 23.6 Å². The molecule has 9 N–H and O–H groups in total. The number of hydrogen-bond donors (Lipinski definition) is 8. The van der Waals surface area contributed by atoms with E-state index in [0.29, 0.717) is 0 Å². The smallest absolute Gasteiger partial charge is 0.327 e. The van der Waals surface area contributed by atoms with Crippen LogP contribution >= 0.6 is 12.6 Å². The van der Waals surface area contributed by atoms with Crippen LogP contribution in [0.5, 0.6) is 0 Å². The number of carbonyl (C=O) groups excluding carboxylic acids is 4. The van der Waals surface area contributed by atoms with E-state index < -0.39 is 66.2 Å². The number of benzene rings is 1. The Balaban J connectivity index is 2.99. The molecule has 0 saturated heterocycles. The fourth-order valence-electron chi connectivity index (χ4n) is 3.06. The van der Waals surface area contributed by atoms with Gasteiger partial charge in [-0.1, -0.05) is 30.3 Å². The zero-order valence-corrected chi connectivity index (χ0v) is 20.3. The van der Waals surface area contributed by atoms with Crippen LogP contribution in [0.3, 0.4) is 0 Å². The van der Waals surface area contributed by atoms with Gasteiger partial charge in [0.1, 0.15) is 18.1 Å². The van der Waals surface area contributed by atoms with Crippen molar-refractivity contribution in [3.63, 3.8) is 0 Å². The van der Waals surface area contributed by atoms with E-state index in [4.69, 9.17) is 21.7 Å². The van der Waals surface area contributed by atoms with E-state index in [1.54, 1.807) is 30.3 Å². The Morgan fingerprint density at radius 1 is 0.806 bits per heavy atom. The lowest BCUT2D eigenvalue weighted by molar-refractivity contribution is -0.141. The number of hydrogen-bond acceptors (Lipinski definition) is 8. The summed E-state index contributed by atoms with van der Waals surface area (Å²) in [4.78, 5) is 71.7. The predicted octanol–water partition coefficient (Wildman–Crippen LogP) is -1.84. The zero-order valence-electron chi connectivity index (χ0n) is 19.4. The van der Waals surface area contributed by atoms with E-state index in [9.17, 15) is 28.8 Å². The molecule has 4 atom stereocenters. The van der Waals surface area contributed by atoms with Gasteiger partial charge in [0.15, 0.2) is 0 Å². The first kappa shape index (κ1) is 30.4. The Labute approximate surface area is 212 Å². The first-order chi connectivity index (χ1) is 16.9. The summed E-state index contributed by atoms with van der Waals surface area (Å²) in [5.74, 6) is -6.16. The van der Waals surface area contributed by atoms with E-state index in [2.05, 4.69) is 28.6 Å². The minimum Gasteiger partial charge on any atom is -0.481 e. The van der Waals surface area contributed by atoms with Crippen molar-refractivity contribution in [2.24, 2.45) is 11.5 Å². The molecule has 0 spiro atoms. The van der Waals surface area contributed by atoms with E-state index in [-0.39, 0.29) is 31.4 Å². The highest BCUT2D eigenvalue weighted by Gasteiger charge is 2.30. The number of nitrogens with two attached hydrogens (primary N) is 2. The lowest BCUT2D eigenvalue weighted by Gasteiger charge is -2.24. The van der Waals surface area contributed by atoms with Crippen molar-refractivity contribution in [3.8, 4) is 0 Å². The molecular weight excluding hydrogens is 494 g/mol. The Bertz CT molecular complexity index is 946. The Morgan fingerprint density at radius 2 is 1.31 bits per heavy atom. The van der Waals surface area contributed by atoms with Gasteiger partial charge in [-0.3, -0.25) is 24.0 Å². The number of primary amides is 1. The molecule has 0 aromatic heterocycles. The van der Waals surface area contributed by atoms with Crippen molar-refractivity contribution in [1.29, 1.82) is 0 Å². The molecule has 0 radical (unpaired) electrons. The van der Waals surface area contributed by atoms with Gasteiger partial charge in [0.25, 0.3) is 0 Å². The maximum Gasteiger partial charge on any atom is 0.327 e. The molecule has 198 valence electrons. The highest BCUT2D eigenvalue weighted by Crippen LogP contribution is 2.06. The second kappa shape index (κ2) is 15.4. The van der Waals surface area contributed by atoms with E-state index in [1.807, 2.05) is 0 Å². The molecule has 13 nitrogen and oxygen atoms in total. The average Bonchev–Trinajstić information content (AvgIpc) is 2.82. The van der Waals surface area contributed by atoms with Crippen LogP contribution in [0.4, 0.5) is 0 Å². The number of thiol groups is 1. The summed E-state index contributed by atoms with van der Waals surface area (Å²) in [6.07, 6.45) is -1.22. The van der Waals surface area contributed by atoms with Gasteiger partial charge in [0, 0.05) is 18.6 Å². The van der Waals surface area contributed by atoms with Gasteiger partial charge in [-0.2, -0.15) is 12.6 Å². The van der Waals surface area contributed by atoms with Crippen molar-refractivity contribution < 1.29 is 39.0 Å². The van der Waals surface area contributed by atoms with Crippen molar-refractivity contribution in [3.05, 3.63) is 35.9 Å². The van der Waals surface area contributed by atoms with Crippen LogP contribution in [0.2, 0.25) is 0 Å². The molecular formula is C22H31N5O8S. The summed E-state index contributed by atoms with van der Waals surface area (Å²) in [6.45, 7) is 0. The topological polar surface area (TPSA) is 231 Å². The van der Waals surface area contributed by atoms with Gasteiger partial charge in [-0.15, -0.1) is 0 Å². The lowest BCUT2D eigenvalue weighted by Crippen LogP contribution is -2.57. The summed E-state index contributed by atoms with van der Waals surface area (Å²) >= 11 is 3.85. The largest absolute Gasteiger partial charge is 0.481 e. The number of rotatable bonds is 16. The zero-order chi connectivity index (χ0) is 27.3. The molecule has 0 fully saturated rings. The average molecular weight is 526 g/mol. The minimum absolute atomic E-state index is 0.157. The minimum atomic E-state index is -1.39. The molecule has 0 aliphatic carbocycles. The fourth-order valence-corrected chi connectivity index (χ4v) is 3.31.